The molecule has 3 aliphatic rings. The number of carbonyl (C=O) groups excluding carboxylic acids is 1. The standard InChI is InChI=1S/C45H51F2N3O5/c1-28-11-8-9-24-53-45(6)20-22-49(23-21-45)42-39(40(43(51)52-7)55-44(3,4)5)29(2)38(30-14-16-33(46)17-15-30)41-48-36(27-50(41)42)32-13-10-12-31(25-32)35-26-34(47)18-19-37(35)54-28/h10,12-19,25-28,40H,8-9,11,20-24H2,1-7H3/t28-,40-/m0/s1. The molecular weight excluding hydrogens is 701 g/mol. The second-order valence-corrected chi connectivity index (χ2v) is 16.1. The topological polar surface area (TPSA) is 74.5 Å². The van der Waals surface area contributed by atoms with E-state index in [0.29, 0.717) is 47.9 Å². The first kappa shape index (κ1) is 38.5. The maximum atomic E-state index is 14.8. The van der Waals surface area contributed by atoms with E-state index in [1.807, 2.05) is 69.5 Å². The number of pyridine rings is 1. The van der Waals surface area contributed by atoms with Crippen molar-refractivity contribution in [1.29, 1.82) is 0 Å². The number of esters is 1. The summed E-state index contributed by atoms with van der Waals surface area (Å²) < 4.78 is 56.3. The summed E-state index contributed by atoms with van der Waals surface area (Å²) in [5.41, 5.74) is 5.44. The number of methoxy groups -OCH3 is 1. The lowest BCUT2D eigenvalue weighted by Gasteiger charge is -2.42. The van der Waals surface area contributed by atoms with Crippen LogP contribution in [-0.2, 0) is 19.0 Å². The lowest BCUT2D eigenvalue weighted by Crippen LogP contribution is -2.45. The Morgan fingerprint density at radius 1 is 0.964 bits per heavy atom. The Morgan fingerprint density at radius 3 is 2.38 bits per heavy atom. The average Bonchev–Trinajstić information content (AvgIpc) is 3.59. The first-order valence-electron chi connectivity index (χ1n) is 19.3. The van der Waals surface area contributed by atoms with Gasteiger partial charge in [0.1, 0.15) is 28.8 Å². The number of halogens is 2. The van der Waals surface area contributed by atoms with Crippen LogP contribution in [0.15, 0.2) is 72.9 Å². The summed E-state index contributed by atoms with van der Waals surface area (Å²) >= 11 is 0. The number of anilines is 1. The third-order valence-electron chi connectivity index (χ3n) is 10.8. The van der Waals surface area contributed by atoms with Gasteiger partial charge in [0.25, 0.3) is 0 Å². The zero-order valence-electron chi connectivity index (χ0n) is 32.9. The molecule has 55 heavy (non-hydrogen) atoms. The van der Waals surface area contributed by atoms with Crippen molar-refractivity contribution in [3.8, 4) is 39.3 Å². The Morgan fingerprint density at radius 2 is 1.67 bits per heavy atom. The Kier molecular flexibility index (Phi) is 10.8. The van der Waals surface area contributed by atoms with Gasteiger partial charge in [0, 0.05) is 48.1 Å². The van der Waals surface area contributed by atoms with E-state index in [0.717, 1.165) is 65.7 Å². The first-order chi connectivity index (χ1) is 26.2. The Labute approximate surface area is 322 Å². The van der Waals surface area contributed by atoms with Crippen molar-refractivity contribution in [3.63, 3.8) is 0 Å². The fourth-order valence-corrected chi connectivity index (χ4v) is 7.88. The first-order valence-corrected chi connectivity index (χ1v) is 19.3. The predicted molar refractivity (Wildman–Crippen MR) is 211 cm³/mol. The number of carbonyl (C=O) groups is 1. The van der Waals surface area contributed by atoms with Crippen LogP contribution in [0.3, 0.4) is 0 Å². The number of aromatic nitrogens is 2. The fraction of sp³-hybridized carbons (Fsp3) is 0.422. The van der Waals surface area contributed by atoms with Crippen molar-refractivity contribution in [2.24, 2.45) is 0 Å². The molecule has 0 aliphatic carbocycles. The molecule has 10 heteroatoms. The molecule has 6 bridgehead atoms. The number of benzene rings is 3. The van der Waals surface area contributed by atoms with Crippen LogP contribution in [0.4, 0.5) is 14.6 Å². The molecule has 2 aromatic heterocycles. The van der Waals surface area contributed by atoms with E-state index in [1.54, 1.807) is 18.2 Å². The normalized spacial score (nSPS) is 19.9. The number of fused-ring (bicyclic) bond motifs is 8. The third kappa shape index (κ3) is 8.12. The van der Waals surface area contributed by atoms with E-state index >= 15 is 0 Å². The smallest absolute Gasteiger partial charge is 0.339 e. The summed E-state index contributed by atoms with van der Waals surface area (Å²) in [7, 11) is 1.37. The molecule has 3 aliphatic heterocycles. The van der Waals surface area contributed by atoms with E-state index in [1.165, 1.54) is 31.4 Å². The van der Waals surface area contributed by atoms with Gasteiger partial charge in [0.2, 0.25) is 0 Å². The molecule has 0 saturated carbocycles. The van der Waals surface area contributed by atoms with Crippen LogP contribution < -0.4 is 9.64 Å². The highest BCUT2D eigenvalue weighted by molar-refractivity contribution is 5.90. The average molecular weight is 752 g/mol. The van der Waals surface area contributed by atoms with Crippen molar-refractivity contribution >= 4 is 17.4 Å². The molecule has 0 radical (unpaired) electrons. The summed E-state index contributed by atoms with van der Waals surface area (Å²) in [4.78, 5) is 21.5. The van der Waals surface area contributed by atoms with Crippen LogP contribution in [0.25, 0.3) is 39.2 Å². The van der Waals surface area contributed by atoms with E-state index in [9.17, 15) is 13.6 Å². The van der Waals surface area contributed by atoms with E-state index in [4.69, 9.17) is 23.9 Å². The van der Waals surface area contributed by atoms with Crippen LogP contribution in [-0.4, -0.2) is 59.5 Å². The summed E-state index contributed by atoms with van der Waals surface area (Å²) in [6.07, 6.45) is 5.02. The minimum Gasteiger partial charge on any atom is -0.490 e. The lowest BCUT2D eigenvalue weighted by molar-refractivity contribution is -0.164. The van der Waals surface area contributed by atoms with Gasteiger partial charge in [0.05, 0.1) is 30.1 Å². The number of rotatable bonds is 4. The second kappa shape index (κ2) is 15.4. The number of ether oxygens (including phenoxy) is 4. The van der Waals surface area contributed by atoms with Crippen LogP contribution in [0, 0.1) is 18.6 Å². The van der Waals surface area contributed by atoms with Crippen LogP contribution in [0.5, 0.6) is 5.75 Å². The predicted octanol–water partition coefficient (Wildman–Crippen LogP) is 10.3. The van der Waals surface area contributed by atoms with Gasteiger partial charge in [-0.25, -0.2) is 18.6 Å². The molecule has 290 valence electrons. The van der Waals surface area contributed by atoms with Gasteiger partial charge in [-0.2, -0.15) is 0 Å². The monoisotopic (exact) mass is 751 g/mol. The molecule has 0 amide bonds. The van der Waals surface area contributed by atoms with Crippen LogP contribution in [0.1, 0.15) is 84.0 Å². The van der Waals surface area contributed by atoms with Gasteiger partial charge in [-0.05, 0) is 127 Å². The molecule has 1 saturated heterocycles. The number of hydrogen-bond donors (Lipinski definition) is 0. The molecule has 1 fully saturated rings. The summed E-state index contributed by atoms with van der Waals surface area (Å²) in [6.45, 7) is 13.9. The highest BCUT2D eigenvalue weighted by Gasteiger charge is 2.39. The molecular formula is C45H51F2N3O5. The van der Waals surface area contributed by atoms with Crippen molar-refractivity contribution in [3.05, 3.63) is 95.7 Å². The van der Waals surface area contributed by atoms with Gasteiger partial charge in [-0.1, -0.05) is 30.3 Å². The second-order valence-electron chi connectivity index (χ2n) is 16.1. The minimum atomic E-state index is -1.08. The number of piperidine rings is 1. The van der Waals surface area contributed by atoms with E-state index in [2.05, 4.69) is 11.8 Å². The molecule has 5 heterocycles. The van der Waals surface area contributed by atoms with E-state index < -0.39 is 17.7 Å². The van der Waals surface area contributed by atoms with E-state index in [-0.39, 0.29) is 23.3 Å². The highest BCUT2D eigenvalue weighted by Crippen LogP contribution is 2.45. The van der Waals surface area contributed by atoms with Crippen molar-refractivity contribution in [1.82, 2.24) is 9.38 Å². The summed E-state index contributed by atoms with van der Waals surface area (Å²) in [6, 6.07) is 18.8. The zero-order valence-corrected chi connectivity index (χ0v) is 32.9. The molecule has 0 unspecified atom stereocenters. The number of hydrogen-bond acceptors (Lipinski definition) is 7. The molecule has 0 N–H and O–H groups in total. The lowest BCUT2D eigenvalue weighted by atomic mass is 9.90. The van der Waals surface area contributed by atoms with Gasteiger partial charge in [-0.3, -0.25) is 4.40 Å². The van der Waals surface area contributed by atoms with Crippen molar-refractivity contribution < 1.29 is 32.5 Å². The zero-order chi connectivity index (χ0) is 39.1. The Hall–Kier alpha value is -4.80. The minimum absolute atomic E-state index is 0.0768. The van der Waals surface area contributed by atoms with Crippen LogP contribution >= 0.6 is 0 Å². The third-order valence-corrected chi connectivity index (χ3v) is 10.8. The SMILES string of the molecule is COC(=O)[C@@H](OC(C)(C)C)c1c(C)c(-c2ccc(F)cc2)c2nc3cn2c1N1CCC(C)(CC1)OCCCC[C@H](C)Oc1ccc(F)cc1-c1cccc-3c1. The maximum absolute atomic E-state index is 14.8. The molecule has 0 spiro atoms. The number of nitrogens with zero attached hydrogens (tertiary/aromatic N) is 3. The van der Waals surface area contributed by atoms with Gasteiger partial charge < -0.3 is 23.8 Å². The molecule has 5 aromatic rings. The quantitative estimate of drug-likeness (QED) is 0.169. The van der Waals surface area contributed by atoms with Gasteiger partial charge in [-0.15, -0.1) is 0 Å². The highest BCUT2D eigenvalue weighted by atomic mass is 19.1. The summed E-state index contributed by atoms with van der Waals surface area (Å²) in [5, 5.41) is 0. The summed E-state index contributed by atoms with van der Waals surface area (Å²) in [5.74, 6) is 0.150. The molecule has 3 aromatic carbocycles. The molecule has 2 atom stereocenters. The van der Waals surface area contributed by atoms with Gasteiger partial charge in [0.15, 0.2) is 6.10 Å². The molecule has 8 rings (SSSR count). The van der Waals surface area contributed by atoms with Crippen molar-refractivity contribution in [2.75, 3.05) is 31.7 Å². The van der Waals surface area contributed by atoms with Crippen molar-refractivity contribution in [2.45, 2.75) is 97.1 Å². The molecule has 8 nitrogen and oxygen atoms in total. The Bertz CT molecular complexity index is 2180. The maximum Gasteiger partial charge on any atom is 0.339 e. The van der Waals surface area contributed by atoms with Crippen LogP contribution in [0.2, 0.25) is 0 Å². The van der Waals surface area contributed by atoms with Gasteiger partial charge >= 0.3 is 5.97 Å². The number of imidazole rings is 1. The largest absolute Gasteiger partial charge is 0.490 e. The Balaban J connectivity index is 1.52. The fourth-order valence-electron chi connectivity index (χ4n) is 7.88.